The van der Waals surface area contributed by atoms with Crippen molar-refractivity contribution in [3.63, 3.8) is 0 Å². The molecule has 0 aliphatic heterocycles. The van der Waals surface area contributed by atoms with E-state index in [0.29, 0.717) is 12.3 Å². The van der Waals surface area contributed by atoms with Gasteiger partial charge >= 0.3 is 5.97 Å². The standard InChI is InChI=1S/C23H32O4/c1-2-7-17-10-11-19(16-17)21(24)15-13-20-18(12-14-22(20)25)8-5-3-4-6-9-23(26)27/h3,5-6,9,12-15,17-21,24H,2,4,7-8,10-11,16H2,1H3,(H,26,27)/b5-3-,9-6+,15-13+/t17?,18-,19?,20+,21+/m0/s1. The zero-order chi connectivity index (χ0) is 19.6. The fourth-order valence-electron chi connectivity index (χ4n) is 4.20. The fraction of sp³-hybridized carbons (Fsp3) is 0.565. The van der Waals surface area contributed by atoms with E-state index in [9.17, 15) is 14.7 Å². The molecule has 0 amide bonds. The van der Waals surface area contributed by atoms with Gasteiger partial charge in [-0.1, -0.05) is 62.6 Å². The molecule has 2 aliphatic carbocycles. The Morgan fingerprint density at radius 2 is 2.11 bits per heavy atom. The maximum absolute atomic E-state index is 12.1. The number of aliphatic hydroxyl groups excluding tert-OH is 1. The van der Waals surface area contributed by atoms with Crippen molar-refractivity contribution in [3.8, 4) is 0 Å². The lowest BCUT2D eigenvalue weighted by atomic mass is 9.89. The highest BCUT2D eigenvalue weighted by molar-refractivity contribution is 5.95. The Morgan fingerprint density at radius 1 is 1.30 bits per heavy atom. The maximum Gasteiger partial charge on any atom is 0.327 e. The van der Waals surface area contributed by atoms with E-state index < -0.39 is 12.1 Å². The minimum absolute atomic E-state index is 0.0953. The van der Waals surface area contributed by atoms with Crippen molar-refractivity contribution in [2.24, 2.45) is 23.7 Å². The Kier molecular flexibility index (Phi) is 8.73. The minimum atomic E-state index is -0.945. The van der Waals surface area contributed by atoms with Gasteiger partial charge in [0, 0.05) is 12.0 Å². The van der Waals surface area contributed by atoms with E-state index in [1.165, 1.54) is 19.3 Å². The molecule has 0 aromatic heterocycles. The largest absolute Gasteiger partial charge is 0.478 e. The van der Waals surface area contributed by atoms with Crippen LogP contribution >= 0.6 is 0 Å². The maximum atomic E-state index is 12.1. The lowest BCUT2D eigenvalue weighted by Gasteiger charge is -2.17. The summed E-state index contributed by atoms with van der Waals surface area (Å²) in [4.78, 5) is 22.6. The first-order valence-electron chi connectivity index (χ1n) is 10.1. The zero-order valence-electron chi connectivity index (χ0n) is 16.2. The molecular weight excluding hydrogens is 340 g/mol. The van der Waals surface area contributed by atoms with Crippen LogP contribution in [0, 0.1) is 23.7 Å². The molecule has 0 spiro atoms. The van der Waals surface area contributed by atoms with E-state index in [1.54, 1.807) is 12.2 Å². The van der Waals surface area contributed by atoms with Crippen LogP contribution in [0.5, 0.6) is 0 Å². The monoisotopic (exact) mass is 372 g/mol. The highest BCUT2D eigenvalue weighted by atomic mass is 16.4. The van der Waals surface area contributed by atoms with E-state index in [0.717, 1.165) is 31.3 Å². The Hall–Kier alpha value is -1.94. The lowest BCUT2D eigenvalue weighted by Crippen LogP contribution is -2.18. The molecule has 0 aromatic rings. The van der Waals surface area contributed by atoms with E-state index in [-0.39, 0.29) is 17.6 Å². The van der Waals surface area contributed by atoms with Crippen LogP contribution in [0.25, 0.3) is 0 Å². The molecule has 0 radical (unpaired) electrons. The highest BCUT2D eigenvalue weighted by Crippen LogP contribution is 2.36. The van der Waals surface area contributed by atoms with Crippen LogP contribution in [0.3, 0.4) is 0 Å². The number of carboxylic acid groups (broad SMARTS) is 1. The molecule has 1 saturated carbocycles. The van der Waals surface area contributed by atoms with Gasteiger partial charge in [-0.05, 0) is 49.5 Å². The summed E-state index contributed by atoms with van der Waals surface area (Å²) in [5.41, 5.74) is 0. The van der Waals surface area contributed by atoms with Gasteiger partial charge in [0.1, 0.15) is 0 Å². The second-order valence-corrected chi connectivity index (χ2v) is 7.74. The Labute approximate surface area is 162 Å². The van der Waals surface area contributed by atoms with Gasteiger partial charge in [-0.25, -0.2) is 4.79 Å². The third-order valence-corrected chi connectivity index (χ3v) is 5.68. The van der Waals surface area contributed by atoms with Crippen molar-refractivity contribution >= 4 is 11.8 Å². The topological polar surface area (TPSA) is 74.6 Å². The number of allylic oxidation sites excluding steroid dienone is 6. The summed E-state index contributed by atoms with van der Waals surface area (Å²) in [5, 5.41) is 19.0. The SMILES string of the molecule is CCCC1CCC([C@H](O)/C=C/[C@H]2C(=O)C=C[C@@H]2C/C=C\C/C=C/C(=O)O)C1. The van der Waals surface area contributed by atoms with Gasteiger partial charge in [0.25, 0.3) is 0 Å². The number of carbonyl (C=O) groups excluding carboxylic acids is 1. The first kappa shape index (κ1) is 21.4. The van der Waals surface area contributed by atoms with E-state index in [2.05, 4.69) is 6.92 Å². The quantitative estimate of drug-likeness (QED) is 0.438. The number of rotatable bonds is 10. The molecule has 4 nitrogen and oxygen atoms in total. The molecular formula is C23H32O4. The van der Waals surface area contributed by atoms with Crippen molar-refractivity contribution in [1.82, 2.24) is 0 Å². The summed E-state index contributed by atoms with van der Waals surface area (Å²) in [6, 6.07) is 0. The van der Waals surface area contributed by atoms with Crippen LogP contribution in [0.15, 0.2) is 48.6 Å². The number of aliphatic carboxylic acids is 1. The van der Waals surface area contributed by atoms with Crippen molar-refractivity contribution < 1.29 is 19.8 Å². The predicted octanol–water partition coefficient (Wildman–Crippen LogP) is 4.47. The first-order valence-corrected chi connectivity index (χ1v) is 10.1. The van der Waals surface area contributed by atoms with E-state index >= 15 is 0 Å². The summed E-state index contributed by atoms with van der Waals surface area (Å²) in [6.45, 7) is 2.21. The van der Waals surface area contributed by atoms with Crippen molar-refractivity contribution in [3.05, 3.63) is 48.6 Å². The van der Waals surface area contributed by atoms with Crippen LogP contribution in [-0.4, -0.2) is 28.1 Å². The summed E-state index contributed by atoms with van der Waals surface area (Å²) < 4.78 is 0. The van der Waals surface area contributed by atoms with Crippen LogP contribution in [0.4, 0.5) is 0 Å². The highest BCUT2D eigenvalue weighted by Gasteiger charge is 2.30. The van der Waals surface area contributed by atoms with Gasteiger partial charge in [-0.15, -0.1) is 0 Å². The molecule has 2 unspecified atom stereocenters. The van der Waals surface area contributed by atoms with Gasteiger partial charge in [0.05, 0.1) is 6.10 Å². The molecule has 4 heteroatoms. The van der Waals surface area contributed by atoms with E-state index in [1.807, 2.05) is 30.4 Å². The molecule has 27 heavy (non-hydrogen) atoms. The second kappa shape index (κ2) is 11.0. The van der Waals surface area contributed by atoms with Crippen molar-refractivity contribution in [2.45, 2.75) is 58.0 Å². The van der Waals surface area contributed by atoms with Crippen LogP contribution < -0.4 is 0 Å². The van der Waals surface area contributed by atoms with Gasteiger partial charge in [0.2, 0.25) is 0 Å². The lowest BCUT2D eigenvalue weighted by molar-refractivity contribution is -0.131. The zero-order valence-corrected chi connectivity index (χ0v) is 16.2. The number of carboxylic acids is 1. The Morgan fingerprint density at radius 3 is 2.85 bits per heavy atom. The predicted molar refractivity (Wildman–Crippen MR) is 107 cm³/mol. The Balaban J connectivity index is 1.82. The second-order valence-electron chi connectivity index (χ2n) is 7.74. The smallest absolute Gasteiger partial charge is 0.327 e. The van der Waals surface area contributed by atoms with Gasteiger partial charge in [-0.2, -0.15) is 0 Å². The first-order chi connectivity index (χ1) is 13.0. The molecule has 5 atom stereocenters. The molecule has 0 bridgehead atoms. The summed E-state index contributed by atoms with van der Waals surface area (Å²) in [5.74, 6) is 0.119. The third kappa shape index (κ3) is 6.94. The number of ketones is 1. The van der Waals surface area contributed by atoms with Crippen molar-refractivity contribution in [1.29, 1.82) is 0 Å². The fourth-order valence-corrected chi connectivity index (χ4v) is 4.20. The molecule has 2 aliphatic rings. The summed E-state index contributed by atoms with van der Waals surface area (Å²) in [6.07, 6.45) is 20.6. The van der Waals surface area contributed by atoms with Crippen LogP contribution in [-0.2, 0) is 9.59 Å². The van der Waals surface area contributed by atoms with Gasteiger partial charge in [-0.3, -0.25) is 4.79 Å². The Bertz CT molecular complexity index is 614. The van der Waals surface area contributed by atoms with Crippen LogP contribution in [0.1, 0.15) is 51.9 Å². The molecule has 1 fully saturated rings. The molecule has 148 valence electrons. The molecule has 0 saturated heterocycles. The molecule has 2 rings (SSSR count). The van der Waals surface area contributed by atoms with Gasteiger partial charge in [0.15, 0.2) is 5.78 Å². The summed E-state index contributed by atoms with van der Waals surface area (Å²) >= 11 is 0. The number of aliphatic hydroxyl groups is 1. The molecule has 0 aromatic carbocycles. The van der Waals surface area contributed by atoms with Crippen molar-refractivity contribution in [2.75, 3.05) is 0 Å². The average Bonchev–Trinajstić information content (AvgIpc) is 3.23. The summed E-state index contributed by atoms with van der Waals surface area (Å²) in [7, 11) is 0. The third-order valence-electron chi connectivity index (χ3n) is 5.68. The van der Waals surface area contributed by atoms with E-state index in [4.69, 9.17) is 5.11 Å². The minimum Gasteiger partial charge on any atom is -0.478 e. The molecule has 0 heterocycles. The molecule has 2 N–H and O–H groups in total. The van der Waals surface area contributed by atoms with Crippen LogP contribution in [0.2, 0.25) is 0 Å². The number of hydrogen-bond donors (Lipinski definition) is 2. The average molecular weight is 373 g/mol. The normalized spacial score (nSPS) is 29.6. The number of hydrogen-bond acceptors (Lipinski definition) is 3. The number of carbonyl (C=O) groups is 2. The van der Waals surface area contributed by atoms with Gasteiger partial charge < -0.3 is 10.2 Å².